The Morgan fingerprint density at radius 1 is 1.27 bits per heavy atom. The highest BCUT2D eigenvalue weighted by Crippen LogP contribution is 2.29. The van der Waals surface area contributed by atoms with Crippen molar-refractivity contribution in [3.8, 4) is 11.5 Å². The number of hydrogen-bond donors (Lipinski definition) is 2. The SMILES string of the molecule is CCCOc1cc(O)ccc1NC(=O)Cn1ncc(=O)c2ccccc21. The number of aromatic nitrogens is 2. The Hall–Kier alpha value is -3.35. The zero-order valence-corrected chi connectivity index (χ0v) is 14.3. The molecular formula is C19H19N3O4. The molecule has 3 rings (SSSR count). The van der Waals surface area contributed by atoms with E-state index in [-0.39, 0.29) is 23.6 Å². The molecule has 1 amide bonds. The number of amides is 1. The van der Waals surface area contributed by atoms with E-state index in [1.165, 1.54) is 23.0 Å². The van der Waals surface area contributed by atoms with Gasteiger partial charge in [0.25, 0.3) is 0 Å². The van der Waals surface area contributed by atoms with Gasteiger partial charge < -0.3 is 15.2 Å². The lowest BCUT2D eigenvalue weighted by Crippen LogP contribution is -2.22. The van der Waals surface area contributed by atoms with E-state index in [2.05, 4.69) is 10.4 Å². The summed E-state index contributed by atoms with van der Waals surface area (Å²) in [7, 11) is 0. The van der Waals surface area contributed by atoms with E-state index in [0.29, 0.717) is 28.9 Å². The number of benzene rings is 2. The Balaban J connectivity index is 1.82. The lowest BCUT2D eigenvalue weighted by atomic mass is 10.2. The van der Waals surface area contributed by atoms with Crippen LogP contribution < -0.4 is 15.5 Å². The topological polar surface area (TPSA) is 93.4 Å². The first kappa shape index (κ1) is 17.5. The number of fused-ring (bicyclic) bond motifs is 1. The summed E-state index contributed by atoms with van der Waals surface area (Å²) in [5.74, 6) is 0.137. The highest BCUT2D eigenvalue weighted by atomic mass is 16.5. The van der Waals surface area contributed by atoms with Crippen LogP contribution in [-0.4, -0.2) is 27.4 Å². The van der Waals surface area contributed by atoms with Crippen LogP contribution in [0.1, 0.15) is 13.3 Å². The number of ether oxygens (including phenoxy) is 1. The summed E-state index contributed by atoms with van der Waals surface area (Å²) in [6, 6.07) is 11.5. The maximum atomic E-state index is 12.5. The summed E-state index contributed by atoms with van der Waals surface area (Å²) in [6.07, 6.45) is 2.00. The maximum absolute atomic E-state index is 12.5. The van der Waals surface area contributed by atoms with Gasteiger partial charge in [0.1, 0.15) is 18.0 Å². The van der Waals surface area contributed by atoms with E-state index < -0.39 is 0 Å². The van der Waals surface area contributed by atoms with Gasteiger partial charge in [-0.2, -0.15) is 5.10 Å². The Morgan fingerprint density at radius 3 is 2.88 bits per heavy atom. The van der Waals surface area contributed by atoms with Gasteiger partial charge in [0.2, 0.25) is 11.3 Å². The highest BCUT2D eigenvalue weighted by molar-refractivity contribution is 5.93. The van der Waals surface area contributed by atoms with Crippen LogP contribution in [0, 0.1) is 0 Å². The molecule has 2 N–H and O–H groups in total. The number of phenols is 1. The Labute approximate surface area is 149 Å². The molecule has 0 aliphatic heterocycles. The van der Waals surface area contributed by atoms with Crippen LogP contribution in [0.2, 0.25) is 0 Å². The summed E-state index contributed by atoms with van der Waals surface area (Å²) in [5.41, 5.74) is 0.862. The van der Waals surface area contributed by atoms with Gasteiger partial charge in [0.05, 0.1) is 24.0 Å². The van der Waals surface area contributed by atoms with E-state index in [0.717, 1.165) is 6.42 Å². The maximum Gasteiger partial charge on any atom is 0.246 e. The molecule has 0 atom stereocenters. The normalized spacial score (nSPS) is 10.7. The van der Waals surface area contributed by atoms with Crippen LogP contribution in [0.4, 0.5) is 5.69 Å². The first-order valence-corrected chi connectivity index (χ1v) is 8.29. The number of nitrogens with zero attached hydrogens (tertiary/aromatic N) is 2. The van der Waals surface area contributed by atoms with Crippen molar-refractivity contribution in [2.45, 2.75) is 19.9 Å². The van der Waals surface area contributed by atoms with Crippen molar-refractivity contribution in [2.75, 3.05) is 11.9 Å². The average molecular weight is 353 g/mol. The predicted molar refractivity (Wildman–Crippen MR) is 98.5 cm³/mol. The van der Waals surface area contributed by atoms with Crippen molar-refractivity contribution in [2.24, 2.45) is 0 Å². The van der Waals surface area contributed by atoms with Gasteiger partial charge in [-0.05, 0) is 30.7 Å². The van der Waals surface area contributed by atoms with Crippen molar-refractivity contribution >= 4 is 22.5 Å². The van der Waals surface area contributed by atoms with Gasteiger partial charge in [-0.15, -0.1) is 0 Å². The minimum absolute atomic E-state index is 0.0576. The van der Waals surface area contributed by atoms with Crippen LogP contribution in [0.3, 0.4) is 0 Å². The molecule has 0 unspecified atom stereocenters. The Bertz CT molecular complexity index is 997. The largest absolute Gasteiger partial charge is 0.508 e. The molecule has 0 radical (unpaired) electrons. The minimum atomic E-state index is -0.321. The van der Waals surface area contributed by atoms with Crippen molar-refractivity contribution in [1.82, 2.24) is 9.78 Å². The van der Waals surface area contributed by atoms with Crippen LogP contribution in [0.25, 0.3) is 10.9 Å². The molecule has 0 bridgehead atoms. The van der Waals surface area contributed by atoms with E-state index in [1.807, 2.05) is 6.92 Å². The minimum Gasteiger partial charge on any atom is -0.508 e. The average Bonchev–Trinajstić information content (AvgIpc) is 2.64. The standard InChI is InChI=1S/C19H19N3O4/c1-2-9-26-18-10-13(23)7-8-15(18)21-19(25)12-22-16-6-4-3-5-14(16)17(24)11-20-22/h3-8,10-11,23H,2,9,12H2,1H3,(H,21,25). The smallest absolute Gasteiger partial charge is 0.246 e. The zero-order valence-electron chi connectivity index (χ0n) is 14.3. The molecule has 0 saturated carbocycles. The van der Waals surface area contributed by atoms with Crippen molar-refractivity contribution in [3.05, 3.63) is 58.9 Å². The van der Waals surface area contributed by atoms with Crippen molar-refractivity contribution in [3.63, 3.8) is 0 Å². The zero-order chi connectivity index (χ0) is 18.5. The Kier molecular flexibility index (Phi) is 5.17. The van der Waals surface area contributed by atoms with Crippen molar-refractivity contribution in [1.29, 1.82) is 0 Å². The third-order valence-electron chi connectivity index (χ3n) is 3.76. The summed E-state index contributed by atoms with van der Waals surface area (Å²) >= 11 is 0. The molecular weight excluding hydrogens is 334 g/mol. The molecule has 134 valence electrons. The molecule has 2 aromatic carbocycles. The molecule has 0 aliphatic rings. The summed E-state index contributed by atoms with van der Waals surface area (Å²) in [6.45, 7) is 2.38. The second-order valence-electron chi connectivity index (χ2n) is 5.76. The lowest BCUT2D eigenvalue weighted by molar-refractivity contribution is -0.116. The van der Waals surface area contributed by atoms with Crippen LogP contribution in [-0.2, 0) is 11.3 Å². The summed E-state index contributed by atoms with van der Waals surface area (Å²) in [4.78, 5) is 24.3. The van der Waals surface area contributed by atoms with Crippen molar-refractivity contribution < 1.29 is 14.6 Å². The molecule has 0 spiro atoms. The third-order valence-corrected chi connectivity index (χ3v) is 3.76. The lowest BCUT2D eigenvalue weighted by Gasteiger charge is -2.13. The van der Waals surface area contributed by atoms with Crippen LogP contribution >= 0.6 is 0 Å². The summed E-state index contributed by atoms with van der Waals surface area (Å²) in [5, 5.41) is 16.9. The number of aromatic hydroxyl groups is 1. The van der Waals surface area contributed by atoms with Crippen LogP contribution in [0.15, 0.2) is 53.5 Å². The first-order chi connectivity index (χ1) is 12.6. The number of carbonyl (C=O) groups is 1. The van der Waals surface area contributed by atoms with Gasteiger partial charge >= 0.3 is 0 Å². The van der Waals surface area contributed by atoms with E-state index in [1.54, 1.807) is 30.3 Å². The van der Waals surface area contributed by atoms with Gasteiger partial charge in [-0.3, -0.25) is 14.3 Å². The molecule has 0 saturated heterocycles. The molecule has 1 aromatic heterocycles. The highest BCUT2D eigenvalue weighted by Gasteiger charge is 2.12. The fourth-order valence-electron chi connectivity index (χ4n) is 2.56. The number of phenolic OH excluding ortho intramolecular Hbond substituents is 1. The van der Waals surface area contributed by atoms with Crippen LogP contribution in [0.5, 0.6) is 11.5 Å². The number of rotatable bonds is 6. The molecule has 0 aliphatic carbocycles. The van der Waals surface area contributed by atoms with Gasteiger partial charge in [0, 0.05) is 11.5 Å². The number of nitrogens with one attached hydrogen (secondary N) is 1. The molecule has 3 aromatic rings. The molecule has 7 heteroatoms. The number of hydrogen-bond acceptors (Lipinski definition) is 5. The number of para-hydroxylation sites is 1. The fourth-order valence-corrected chi connectivity index (χ4v) is 2.56. The second kappa shape index (κ2) is 7.69. The second-order valence-corrected chi connectivity index (χ2v) is 5.76. The third kappa shape index (κ3) is 3.83. The monoisotopic (exact) mass is 353 g/mol. The fraction of sp³-hybridized carbons (Fsp3) is 0.211. The van der Waals surface area contributed by atoms with Gasteiger partial charge in [-0.25, -0.2) is 0 Å². The number of carbonyl (C=O) groups excluding carboxylic acids is 1. The van der Waals surface area contributed by atoms with Gasteiger partial charge in [-0.1, -0.05) is 19.1 Å². The molecule has 1 heterocycles. The molecule has 0 fully saturated rings. The quantitative estimate of drug-likeness (QED) is 0.664. The predicted octanol–water partition coefficient (Wildman–Crippen LogP) is 2.53. The first-order valence-electron chi connectivity index (χ1n) is 8.29. The van der Waals surface area contributed by atoms with E-state index in [9.17, 15) is 14.7 Å². The Morgan fingerprint density at radius 2 is 2.08 bits per heavy atom. The summed E-state index contributed by atoms with van der Waals surface area (Å²) < 4.78 is 7.04. The van der Waals surface area contributed by atoms with E-state index in [4.69, 9.17) is 4.74 Å². The van der Waals surface area contributed by atoms with E-state index >= 15 is 0 Å². The molecule has 26 heavy (non-hydrogen) atoms. The van der Waals surface area contributed by atoms with Gasteiger partial charge in [0.15, 0.2) is 0 Å². The number of anilines is 1. The molecule has 7 nitrogen and oxygen atoms in total.